The van der Waals surface area contributed by atoms with Crippen LogP contribution in [0.3, 0.4) is 0 Å². The first-order valence-corrected chi connectivity index (χ1v) is 8.43. The van der Waals surface area contributed by atoms with Crippen LogP contribution in [0.1, 0.15) is 31.4 Å². The molecule has 0 unspecified atom stereocenters. The van der Waals surface area contributed by atoms with Crippen LogP contribution < -0.4 is 5.32 Å². The third-order valence-electron chi connectivity index (χ3n) is 4.45. The number of carbonyl (C=O) groups excluding carboxylic acids is 1. The topological polar surface area (TPSA) is 101 Å². The summed E-state index contributed by atoms with van der Waals surface area (Å²) in [5, 5.41) is 23.2. The molecule has 26 heavy (non-hydrogen) atoms. The van der Waals surface area contributed by atoms with E-state index in [0.717, 1.165) is 25.7 Å². The minimum atomic E-state index is -0.460. The Kier molecular flexibility index (Phi) is 5.13. The monoisotopic (exact) mass is 350 g/mol. The van der Waals surface area contributed by atoms with Crippen LogP contribution in [0.15, 0.2) is 48.2 Å². The van der Waals surface area contributed by atoms with Crippen molar-refractivity contribution >= 4 is 17.7 Å². The summed E-state index contributed by atoms with van der Waals surface area (Å²) in [7, 11) is 0. The van der Waals surface area contributed by atoms with Gasteiger partial charge >= 0.3 is 0 Å². The molecule has 1 aliphatic carbocycles. The maximum Gasteiger partial charge on any atom is 0.271 e. The summed E-state index contributed by atoms with van der Waals surface area (Å²) in [5.74, 6) is -0.383. The van der Waals surface area contributed by atoms with Gasteiger partial charge in [0.1, 0.15) is 11.6 Å². The smallest absolute Gasteiger partial charge is 0.271 e. The van der Waals surface area contributed by atoms with Gasteiger partial charge in [-0.1, -0.05) is 18.9 Å². The average molecular weight is 350 g/mol. The second-order valence-corrected chi connectivity index (χ2v) is 6.20. The molecule has 0 saturated heterocycles. The van der Waals surface area contributed by atoms with E-state index in [4.69, 9.17) is 0 Å². The third kappa shape index (κ3) is 3.81. The second-order valence-electron chi connectivity index (χ2n) is 6.20. The highest BCUT2D eigenvalue weighted by Crippen LogP contribution is 2.21. The SMILES string of the molecule is N#C/C(=C/c1cccn1-c1cccc([N+](=O)[O-])c1)C(=O)NC1CCCC1. The van der Waals surface area contributed by atoms with E-state index in [1.54, 1.807) is 35.0 Å². The maximum atomic E-state index is 12.3. The molecule has 0 aliphatic heterocycles. The molecule has 1 aromatic carbocycles. The first-order chi connectivity index (χ1) is 12.6. The van der Waals surface area contributed by atoms with Gasteiger partial charge in [0.15, 0.2) is 0 Å². The lowest BCUT2D eigenvalue weighted by molar-refractivity contribution is -0.384. The summed E-state index contributed by atoms with van der Waals surface area (Å²) in [6, 6.07) is 11.8. The molecule has 1 aromatic heterocycles. The molecule has 0 bridgehead atoms. The largest absolute Gasteiger partial charge is 0.349 e. The number of carbonyl (C=O) groups is 1. The fourth-order valence-corrected chi connectivity index (χ4v) is 3.13. The standard InChI is InChI=1S/C19H18N4O3/c20-13-14(19(24)21-15-5-1-2-6-15)11-16-9-4-10-22(16)17-7-3-8-18(12-17)23(25)26/h3-4,7-12,15H,1-2,5-6H2,(H,21,24)/b14-11-. The average Bonchev–Trinajstić information content (AvgIpc) is 3.31. The summed E-state index contributed by atoms with van der Waals surface area (Å²) < 4.78 is 1.70. The fourth-order valence-electron chi connectivity index (χ4n) is 3.13. The number of hydrogen-bond donors (Lipinski definition) is 1. The van der Waals surface area contributed by atoms with Gasteiger partial charge in [0.2, 0.25) is 0 Å². The zero-order chi connectivity index (χ0) is 18.5. The highest BCUT2D eigenvalue weighted by atomic mass is 16.6. The Balaban J connectivity index is 1.88. The van der Waals surface area contributed by atoms with Crippen molar-refractivity contribution in [3.8, 4) is 11.8 Å². The van der Waals surface area contributed by atoms with Crippen LogP contribution in [0.5, 0.6) is 0 Å². The molecule has 132 valence electrons. The number of nitrogens with zero attached hydrogens (tertiary/aromatic N) is 3. The lowest BCUT2D eigenvalue weighted by Crippen LogP contribution is -2.33. The van der Waals surface area contributed by atoms with E-state index in [0.29, 0.717) is 11.4 Å². The quantitative estimate of drug-likeness (QED) is 0.387. The normalized spacial score (nSPS) is 14.8. The zero-order valence-electron chi connectivity index (χ0n) is 14.1. The van der Waals surface area contributed by atoms with E-state index in [1.807, 2.05) is 6.07 Å². The summed E-state index contributed by atoms with van der Waals surface area (Å²) >= 11 is 0. The summed E-state index contributed by atoms with van der Waals surface area (Å²) in [6.45, 7) is 0. The van der Waals surface area contributed by atoms with Gasteiger partial charge in [-0.25, -0.2) is 0 Å². The van der Waals surface area contributed by atoms with Gasteiger partial charge in [0, 0.05) is 30.1 Å². The number of nitro groups is 1. The van der Waals surface area contributed by atoms with Gasteiger partial charge in [-0.15, -0.1) is 0 Å². The number of nitro benzene ring substituents is 1. The third-order valence-corrected chi connectivity index (χ3v) is 4.45. The highest BCUT2D eigenvalue weighted by Gasteiger charge is 2.19. The Morgan fingerprint density at radius 3 is 2.77 bits per heavy atom. The molecule has 1 N–H and O–H groups in total. The fraction of sp³-hybridized carbons (Fsp3) is 0.263. The number of benzene rings is 1. The van der Waals surface area contributed by atoms with Crippen molar-refractivity contribution in [3.05, 3.63) is 64.0 Å². The first-order valence-electron chi connectivity index (χ1n) is 8.43. The van der Waals surface area contributed by atoms with Gasteiger partial charge < -0.3 is 9.88 Å². The predicted molar refractivity (Wildman–Crippen MR) is 96.4 cm³/mol. The molecule has 7 heteroatoms. The van der Waals surface area contributed by atoms with E-state index in [-0.39, 0.29) is 23.2 Å². The van der Waals surface area contributed by atoms with Crippen LogP contribution in [-0.4, -0.2) is 21.4 Å². The van der Waals surface area contributed by atoms with E-state index in [2.05, 4.69) is 5.32 Å². The first kappa shape index (κ1) is 17.4. The molecule has 0 spiro atoms. The van der Waals surface area contributed by atoms with Crippen LogP contribution >= 0.6 is 0 Å². The van der Waals surface area contributed by atoms with Crippen molar-refractivity contribution in [2.24, 2.45) is 0 Å². The Morgan fingerprint density at radius 1 is 1.31 bits per heavy atom. The molecule has 1 saturated carbocycles. The van der Waals surface area contributed by atoms with Crippen molar-refractivity contribution in [1.29, 1.82) is 5.26 Å². The van der Waals surface area contributed by atoms with Crippen molar-refractivity contribution in [2.45, 2.75) is 31.7 Å². The number of rotatable bonds is 5. The van der Waals surface area contributed by atoms with Gasteiger partial charge in [0.25, 0.3) is 11.6 Å². The molecule has 1 aliphatic rings. The van der Waals surface area contributed by atoms with Crippen LogP contribution in [0.25, 0.3) is 11.8 Å². The van der Waals surface area contributed by atoms with Crippen molar-refractivity contribution in [1.82, 2.24) is 9.88 Å². The van der Waals surface area contributed by atoms with Crippen LogP contribution in [0, 0.1) is 21.4 Å². The van der Waals surface area contributed by atoms with Crippen molar-refractivity contribution in [3.63, 3.8) is 0 Å². The molecular weight excluding hydrogens is 332 g/mol. The van der Waals surface area contributed by atoms with Crippen molar-refractivity contribution in [2.75, 3.05) is 0 Å². The Bertz CT molecular complexity index is 902. The van der Waals surface area contributed by atoms with Crippen LogP contribution in [-0.2, 0) is 4.79 Å². The van der Waals surface area contributed by atoms with Crippen LogP contribution in [0.2, 0.25) is 0 Å². The van der Waals surface area contributed by atoms with E-state index in [9.17, 15) is 20.2 Å². The van der Waals surface area contributed by atoms with Gasteiger partial charge in [-0.05, 0) is 37.1 Å². The molecule has 1 amide bonds. The number of hydrogen-bond acceptors (Lipinski definition) is 4. The number of nitriles is 1. The summed E-state index contributed by atoms with van der Waals surface area (Å²) in [6.07, 6.45) is 7.29. The molecule has 1 fully saturated rings. The van der Waals surface area contributed by atoms with Crippen molar-refractivity contribution < 1.29 is 9.72 Å². The van der Waals surface area contributed by atoms with Gasteiger partial charge in [0.05, 0.1) is 10.6 Å². The number of aromatic nitrogens is 1. The molecule has 0 radical (unpaired) electrons. The zero-order valence-corrected chi connectivity index (χ0v) is 14.1. The molecular formula is C19H18N4O3. The molecule has 7 nitrogen and oxygen atoms in total. The summed E-state index contributed by atoms with van der Waals surface area (Å²) in [4.78, 5) is 22.9. The van der Waals surface area contributed by atoms with E-state index < -0.39 is 4.92 Å². The minimum Gasteiger partial charge on any atom is -0.349 e. The summed E-state index contributed by atoms with van der Waals surface area (Å²) in [5.41, 5.74) is 1.18. The molecule has 3 rings (SSSR count). The second kappa shape index (κ2) is 7.66. The van der Waals surface area contributed by atoms with Crippen LogP contribution in [0.4, 0.5) is 5.69 Å². The number of non-ortho nitro benzene ring substituents is 1. The van der Waals surface area contributed by atoms with E-state index in [1.165, 1.54) is 18.2 Å². The Hall–Kier alpha value is -3.40. The molecule has 1 heterocycles. The van der Waals surface area contributed by atoms with E-state index >= 15 is 0 Å². The highest BCUT2D eigenvalue weighted by molar-refractivity contribution is 6.01. The number of amides is 1. The van der Waals surface area contributed by atoms with Gasteiger partial charge in [-0.2, -0.15) is 5.26 Å². The predicted octanol–water partition coefficient (Wildman–Crippen LogP) is 3.35. The molecule has 2 aromatic rings. The van der Waals surface area contributed by atoms with Gasteiger partial charge in [-0.3, -0.25) is 14.9 Å². The Morgan fingerprint density at radius 2 is 2.08 bits per heavy atom. The maximum absolute atomic E-state index is 12.3. The molecule has 0 atom stereocenters. The lowest BCUT2D eigenvalue weighted by atomic mass is 10.2. The Labute approximate surface area is 150 Å². The lowest BCUT2D eigenvalue weighted by Gasteiger charge is -2.11. The number of nitrogens with one attached hydrogen (secondary N) is 1. The minimum absolute atomic E-state index is 0.0160.